The lowest BCUT2D eigenvalue weighted by Gasteiger charge is -2.31. The van der Waals surface area contributed by atoms with Gasteiger partial charge in [0.25, 0.3) is 0 Å². The Bertz CT molecular complexity index is 843. The van der Waals surface area contributed by atoms with Gasteiger partial charge in [-0.05, 0) is 19.4 Å². The maximum Gasteiger partial charge on any atom is 0.181 e. The largest absolute Gasteiger partial charge is 0.383 e. The fourth-order valence-corrected chi connectivity index (χ4v) is 3.65. The predicted octanol–water partition coefficient (Wildman–Crippen LogP) is 2.69. The number of nitrogens with one attached hydrogen (secondary N) is 1. The van der Waals surface area contributed by atoms with E-state index in [-0.39, 0.29) is 0 Å². The Morgan fingerprint density at radius 3 is 3.00 bits per heavy atom. The standard InChI is InChI=1S/C20H26N6O/c1-27-11-10-26-14-16(12-21-26)13-25-9-5-8-18(15-25)20-22-19(23-24-20)17-6-3-2-4-7-17/h2-4,6-7,12,14,18H,5,8-11,13,15H2,1H3,(H,22,23,24). The van der Waals surface area contributed by atoms with Gasteiger partial charge in [-0.3, -0.25) is 14.7 Å². The summed E-state index contributed by atoms with van der Waals surface area (Å²) in [5.74, 6) is 2.17. The number of aromatic nitrogens is 5. The summed E-state index contributed by atoms with van der Waals surface area (Å²) in [5, 5.41) is 12.0. The Morgan fingerprint density at radius 1 is 1.26 bits per heavy atom. The second kappa shape index (κ2) is 8.45. The van der Waals surface area contributed by atoms with E-state index in [9.17, 15) is 0 Å². The fourth-order valence-electron chi connectivity index (χ4n) is 3.65. The molecular weight excluding hydrogens is 340 g/mol. The second-order valence-electron chi connectivity index (χ2n) is 7.09. The summed E-state index contributed by atoms with van der Waals surface area (Å²) in [6.07, 6.45) is 6.39. The van der Waals surface area contributed by atoms with Gasteiger partial charge in [0.2, 0.25) is 0 Å². The molecule has 4 rings (SSSR count). The molecule has 1 N–H and O–H groups in total. The van der Waals surface area contributed by atoms with Gasteiger partial charge in [-0.1, -0.05) is 30.3 Å². The third-order valence-corrected chi connectivity index (χ3v) is 5.04. The molecule has 2 aromatic heterocycles. The minimum Gasteiger partial charge on any atom is -0.383 e. The topological polar surface area (TPSA) is 71.9 Å². The number of ether oxygens (including phenoxy) is 1. The van der Waals surface area contributed by atoms with Gasteiger partial charge in [0.15, 0.2) is 5.82 Å². The molecule has 1 aliphatic rings. The van der Waals surface area contributed by atoms with Crippen LogP contribution in [0.2, 0.25) is 0 Å². The molecule has 3 aromatic rings. The van der Waals surface area contributed by atoms with Crippen LogP contribution in [-0.2, 0) is 17.8 Å². The number of nitrogens with zero attached hydrogens (tertiary/aromatic N) is 5. The van der Waals surface area contributed by atoms with Crippen molar-refractivity contribution >= 4 is 0 Å². The Morgan fingerprint density at radius 2 is 2.15 bits per heavy atom. The van der Waals surface area contributed by atoms with Crippen LogP contribution in [-0.4, -0.2) is 56.7 Å². The quantitative estimate of drug-likeness (QED) is 0.696. The number of piperidine rings is 1. The lowest BCUT2D eigenvalue weighted by atomic mass is 9.97. The van der Waals surface area contributed by atoms with Crippen molar-refractivity contribution in [1.29, 1.82) is 0 Å². The highest BCUT2D eigenvalue weighted by atomic mass is 16.5. The molecule has 0 amide bonds. The van der Waals surface area contributed by atoms with Gasteiger partial charge in [0, 0.05) is 43.4 Å². The molecule has 27 heavy (non-hydrogen) atoms. The highest BCUT2D eigenvalue weighted by Crippen LogP contribution is 2.26. The minimum absolute atomic E-state index is 0.396. The number of hydrogen-bond acceptors (Lipinski definition) is 5. The zero-order valence-corrected chi connectivity index (χ0v) is 15.7. The lowest BCUT2D eigenvalue weighted by Crippen LogP contribution is -2.34. The summed E-state index contributed by atoms with van der Waals surface area (Å²) in [6.45, 7) is 4.50. The van der Waals surface area contributed by atoms with Gasteiger partial charge in [-0.2, -0.15) is 10.2 Å². The van der Waals surface area contributed by atoms with E-state index in [2.05, 4.69) is 26.4 Å². The van der Waals surface area contributed by atoms with Gasteiger partial charge in [0.05, 0.1) is 19.3 Å². The van der Waals surface area contributed by atoms with Gasteiger partial charge in [-0.15, -0.1) is 0 Å². The first-order valence-electron chi connectivity index (χ1n) is 9.52. The van der Waals surface area contributed by atoms with Crippen molar-refractivity contribution in [3.63, 3.8) is 0 Å². The summed E-state index contributed by atoms with van der Waals surface area (Å²) in [7, 11) is 1.71. The summed E-state index contributed by atoms with van der Waals surface area (Å²) >= 11 is 0. The van der Waals surface area contributed by atoms with Crippen LogP contribution in [0.4, 0.5) is 0 Å². The van der Waals surface area contributed by atoms with E-state index in [1.54, 1.807) is 7.11 Å². The molecule has 7 heteroatoms. The first kappa shape index (κ1) is 17.9. The van der Waals surface area contributed by atoms with Crippen LogP contribution in [0, 0.1) is 0 Å². The van der Waals surface area contributed by atoms with E-state index in [0.29, 0.717) is 12.5 Å². The molecule has 0 spiro atoms. The van der Waals surface area contributed by atoms with E-state index < -0.39 is 0 Å². The number of likely N-dealkylation sites (tertiary alicyclic amines) is 1. The summed E-state index contributed by atoms with van der Waals surface area (Å²) in [6, 6.07) is 10.1. The van der Waals surface area contributed by atoms with Crippen molar-refractivity contribution in [2.75, 3.05) is 26.8 Å². The lowest BCUT2D eigenvalue weighted by molar-refractivity contribution is 0.183. The van der Waals surface area contributed by atoms with E-state index in [4.69, 9.17) is 9.72 Å². The molecule has 0 aliphatic carbocycles. The van der Waals surface area contributed by atoms with Crippen LogP contribution in [0.3, 0.4) is 0 Å². The molecule has 1 fully saturated rings. The molecule has 1 saturated heterocycles. The van der Waals surface area contributed by atoms with Crippen LogP contribution in [0.1, 0.15) is 30.1 Å². The molecule has 0 bridgehead atoms. The predicted molar refractivity (Wildman–Crippen MR) is 103 cm³/mol. The Labute approximate surface area is 159 Å². The van der Waals surface area contributed by atoms with Crippen molar-refractivity contribution in [1.82, 2.24) is 29.9 Å². The third-order valence-electron chi connectivity index (χ3n) is 5.04. The third kappa shape index (κ3) is 4.43. The molecule has 1 aliphatic heterocycles. The molecule has 142 valence electrons. The van der Waals surface area contributed by atoms with Crippen molar-refractivity contribution in [3.05, 3.63) is 54.1 Å². The summed E-state index contributed by atoms with van der Waals surface area (Å²) < 4.78 is 7.06. The zero-order chi connectivity index (χ0) is 18.5. The number of hydrogen-bond donors (Lipinski definition) is 1. The molecule has 1 aromatic carbocycles. The second-order valence-corrected chi connectivity index (χ2v) is 7.09. The highest BCUT2D eigenvalue weighted by molar-refractivity contribution is 5.53. The highest BCUT2D eigenvalue weighted by Gasteiger charge is 2.24. The number of H-pyrrole nitrogens is 1. The van der Waals surface area contributed by atoms with Gasteiger partial charge in [-0.25, -0.2) is 4.98 Å². The normalized spacial score (nSPS) is 18.0. The monoisotopic (exact) mass is 366 g/mol. The first-order chi connectivity index (χ1) is 13.3. The van der Waals surface area contributed by atoms with Crippen molar-refractivity contribution in [2.24, 2.45) is 0 Å². The average Bonchev–Trinajstić information content (AvgIpc) is 3.37. The number of benzene rings is 1. The maximum absolute atomic E-state index is 5.11. The fraction of sp³-hybridized carbons (Fsp3) is 0.450. The number of rotatable bonds is 7. The van der Waals surface area contributed by atoms with Gasteiger partial charge >= 0.3 is 0 Å². The van der Waals surface area contributed by atoms with Crippen molar-refractivity contribution < 1.29 is 4.74 Å². The molecule has 7 nitrogen and oxygen atoms in total. The van der Waals surface area contributed by atoms with Crippen LogP contribution in [0.15, 0.2) is 42.7 Å². The van der Waals surface area contributed by atoms with Crippen LogP contribution >= 0.6 is 0 Å². The van der Waals surface area contributed by atoms with Crippen molar-refractivity contribution in [2.45, 2.75) is 31.8 Å². The SMILES string of the molecule is COCCn1cc(CN2CCCC(c3nc(-c4ccccc4)n[nH]3)C2)cn1. The van der Waals surface area contributed by atoms with Crippen LogP contribution < -0.4 is 0 Å². The summed E-state index contributed by atoms with van der Waals surface area (Å²) in [5.41, 5.74) is 2.30. The Kier molecular flexibility index (Phi) is 5.60. The Balaban J connectivity index is 1.38. The van der Waals surface area contributed by atoms with E-state index in [1.807, 2.05) is 41.2 Å². The van der Waals surface area contributed by atoms with Crippen molar-refractivity contribution in [3.8, 4) is 11.4 Å². The average molecular weight is 366 g/mol. The maximum atomic E-state index is 5.11. The molecular formula is C20H26N6O. The number of aromatic amines is 1. The smallest absolute Gasteiger partial charge is 0.181 e. The van der Waals surface area contributed by atoms with Gasteiger partial charge in [0.1, 0.15) is 5.82 Å². The molecule has 0 saturated carbocycles. The first-order valence-corrected chi connectivity index (χ1v) is 9.52. The molecule has 1 unspecified atom stereocenters. The zero-order valence-electron chi connectivity index (χ0n) is 15.7. The molecule has 1 atom stereocenters. The minimum atomic E-state index is 0.396. The van der Waals surface area contributed by atoms with Gasteiger partial charge < -0.3 is 4.74 Å². The number of methoxy groups -OCH3 is 1. The molecule has 0 radical (unpaired) electrons. The Hall–Kier alpha value is -2.51. The van der Waals surface area contributed by atoms with E-state index in [0.717, 1.165) is 49.8 Å². The van der Waals surface area contributed by atoms with Crippen LogP contribution in [0.25, 0.3) is 11.4 Å². The molecule has 3 heterocycles. The van der Waals surface area contributed by atoms with E-state index >= 15 is 0 Å². The summed E-state index contributed by atoms with van der Waals surface area (Å²) in [4.78, 5) is 7.24. The van der Waals surface area contributed by atoms with Crippen LogP contribution in [0.5, 0.6) is 0 Å². The van der Waals surface area contributed by atoms with E-state index in [1.165, 1.54) is 12.0 Å².